The third kappa shape index (κ3) is 4.27. The van der Waals surface area contributed by atoms with E-state index < -0.39 is 20.8 Å². The summed E-state index contributed by atoms with van der Waals surface area (Å²) in [6.07, 6.45) is 4.18. The largest absolute Gasteiger partial charge is 0.342 e. The van der Waals surface area contributed by atoms with Crippen LogP contribution in [0.2, 0.25) is 0 Å². The predicted octanol–water partition coefficient (Wildman–Crippen LogP) is 0.151. The first-order valence-electron chi connectivity index (χ1n) is 6.17. The Kier molecular flexibility index (Phi) is 5.39. The summed E-state index contributed by atoms with van der Waals surface area (Å²) in [5, 5.41) is -0.640. The van der Waals surface area contributed by atoms with Gasteiger partial charge in [0.1, 0.15) is 5.75 Å². The lowest BCUT2D eigenvalue weighted by atomic mass is 10.2. The molecular formula is C11H22N2O3S. The molecule has 1 amide bonds. The monoisotopic (exact) mass is 262 g/mol. The van der Waals surface area contributed by atoms with E-state index in [1.807, 2.05) is 0 Å². The molecule has 1 fully saturated rings. The Morgan fingerprint density at radius 3 is 2.24 bits per heavy atom. The summed E-state index contributed by atoms with van der Waals surface area (Å²) in [7, 11) is -3.39. The van der Waals surface area contributed by atoms with Gasteiger partial charge in [-0.2, -0.15) is 0 Å². The van der Waals surface area contributed by atoms with E-state index in [2.05, 4.69) is 0 Å². The molecule has 1 atom stereocenters. The maximum Gasteiger partial charge on any atom is 0.237 e. The second kappa shape index (κ2) is 6.35. The van der Waals surface area contributed by atoms with Crippen LogP contribution in [0.5, 0.6) is 0 Å². The van der Waals surface area contributed by atoms with Crippen molar-refractivity contribution >= 4 is 15.7 Å². The van der Waals surface area contributed by atoms with E-state index in [1.165, 1.54) is 0 Å². The van der Waals surface area contributed by atoms with Crippen molar-refractivity contribution in [1.29, 1.82) is 0 Å². The van der Waals surface area contributed by atoms with Gasteiger partial charge in [-0.15, -0.1) is 0 Å². The molecule has 1 aliphatic heterocycles. The number of carbonyl (C=O) groups is 1. The SMILES string of the molecule is CC(CN)S(=O)(=O)CC(=O)N1CCCCCC1. The first-order valence-corrected chi connectivity index (χ1v) is 7.88. The topological polar surface area (TPSA) is 80.5 Å². The van der Waals surface area contributed by atoms with Gasteiger partial charge in [0, 0.05) is 19.6 Å². The van der Waals surface area contributed by atoms with E-state index in [9.17, 15) is 13.2 Å². The Hall–Kier alpha value is -0.620. The molecule has 0 aliphatic carbocycles. The van der Waals surface area contributed by atoms with Gasteiger partial charge in [-0.05, 0) is 19.8 Å². The smallest absolute Gasteiger partial charge is 0.237 e. The number of likely N-dealkylation sites (tertiary alicyclic amines) is 1. The van der Waals surface area contributed by atoms with Crippen molar-refractivity contribution in [3.05, 3.63) is 0 Å². The lowest BCUT2D eigenvalue weighted by Crippen LogP contribution is -2.40. The van der Waals surface area contributed by atoms with Gasteiger partial charge in [0.15, 0.2) is 9.84 Å². The van der Waals surface area contributed by atoms with E-state index in [0.717, 1.165) is 25.7 Å². The number of sulfone groups is 1. The van der Waals surface area contributed by atoms with Gasteiger partial charge in [-0.3, -0.25) is 4.79 Å². The maximum absolute atomic E-state index is 11.9. The Labute approximate surface area is 103 Å². The van der Waals surface area contributed by atoms with Crippen molar-refractivity contribution in [2.75, 3.05) is 25.4 Å². The van der Waals surface area contributed by atoms with Gasteiger partial charge < -0.3 is 10.6 Å². The molecule has 1 unspecified atom stereocenters. The van der Waals surface area contributed by atoms with Crippen molar-refractivity contribution in [2.24, 2.45) is 5.73 Å². The zero-order valence-corrected chi connectivity index (χ0v) is 11.2. The molecule has 17 heavy (non-hydrogen) atoms. The van der Waals surface area contributed by atoms with E-state index in [1.54, 1.807) is 11.8 Å². The number of rotatable bonds is 4. The highest BCUT2D eigenvalue weighted by Crippen LogP contribution is 2.11. The van der Waals surface area contributed by atoms with Crippen LogP contribution >= 0.6 is 0 Å². The van der Waals surface area contributed by atoms with Crippen LogP contribution in [0.25, 0.3) is 0 Å². The molecule has 0 aromatic heterocycles. The number of amides is 1. The van der Waals surface area contributed by atoms with E-state index in [0.29, 0.717) is 13.1 Å². The third-order valence-corrected chi connectivity index (χ3v) is 5.30. The number of nitrogens with two attached hydrogens (primary N) is 1. The van der Waals surface area contributed by atoms with Crippen LogP contribution in [-0.2, 0) is 14.6 Å². The first-order chi connectivity index (χ1) is 7.97. The van der Waals surface area contributed by atoms with Gasteiger partial charge in [-0.1, -0.05) is 12.8 Å². The summed E-state index contributed by atoms with van der Waals surface area (Å²) < 4.78 is 23.5. The van der Waals surface area contributed by atoms with E-state index in [-0.39, 0.29) is 12.5 Å². The van der Waals surface area contributed by atoms with Crippen LogP contribution < -0.4 is 5.73 Å². The third-order valence-electron chi connectivity index (χ3n) is 3.23. The molecule has 2 N–H and O–H groups in total. The summed E-state index contributed by atoms with van der Waals surface area (Å²) in [5.74, 6) is -0.669. The fourth-order valence-corrected chi connectivity index (χ4v) is 2.98. The normalized spacial score (nSPS) is 19.8. The van der Waals surface area contributed by atoms with Gasteiger partial charge in [0.25, 0.3) is 0 Å². The quantitative estimate of drug-likeness (QED) is 0.782. The van der Waals surface area contributed by atoms with Crippen molar-refractivity contribution in [3.63, 3.8) is 0 Å². The minimum atomic E-state index is -3.39. The Balaban J connectivity index is 2.58. The summed E-state index contributed by atoms with van der Waals surface area (Å²) in [6, 6.07) is 0. The molecule has 0 bridgehead atoms. The Morgan fingerprint density at radius 1 is 1.24 bits per heavy atom. The Bertz CT molecular complexity index is 346. The standard InChI is InChI=1S/C11H22N2O3S/c1-10(8-12)17(15,16)9-11(14)13-6-4-2-3-5-7-13/h10H,2-9,12H2,1H3. The molecule has 0 aromatic carbocycles. The van der Waals surface area contributed by atoms with Gasteiger partial charge in [0.05, 0.1) is 5.25 Å². The average Bonchev–Trinajstić information content (AvgIpc) is 2.55. The molecular weight excluding hydrogens is 240 g/mol. The summed E-state index contributed by atoms with van der Waals surface area (Å²) in [6.45, 7) is 2.98. The highest BCUT2D eigenvalue weighted by Gasteiger charge is 2.26. The van der Waals surface area contributed by atoms with E-state index in [4.69, 9.17) is 5.73 Å². The van der Waals surface area contributed by atoms with Crippen LogP contribution in [-0.4, -0.2) is 49.9 Å². The van der Waals surface area contributed by atoms with Crippen molar-refractivity contribution in [1.82, 2.24) is 4.90 Å². The van der Waals surface area contributed by atoms with E-state index >= 15 is 0 Å². The molecule has 0 radical (unpaired) electrons. The molecule has 1 saturated heterocycles. The predicted molar refractivity (Wildman–Crippen MR) is 67.4 cm³/mol. The second-order valence-corrected chi connectivity index (χ2v) is 7.07. The number of hydrogen-bond acceptors (Lipinski definition) is 4. The van der Waals surface area contributed by atoms with Crippen molar-refractivity contribution in [3.8, 4) is 0 Å². The molecule has 1 rings (SSSR count). The molecule has 100 valence electrons. The second-order valence-electron chi connectivity index (χ2n) is 4.65. The minimum absolute atomic E-state index is 0.0651. The highest BCUT2D eigenvalue weighted by molar-refractivity contribution is 7.92. The number of hydrogen-bond donors (Lipinski definition) is 1. The molecule has 0 spiro atoms. The minimum Gasteiger partial charge on any atom is -0.342 e. The van der Waals surface area contributed by atoms with Crippen LogP contribution in [0.1, 0.15) is 32.6 Å². The Morgan fingerprint density at radius 2 is 1.76 bits per heavy atom. The van der Waals surface area contributed by atoms with Crippen LogP contribution in [0, 0.1) is 0 Å². The first kappa shape index (κ1) is 14.4. The summed E-state index contributed by atoms with van der Waals surface area (Å²) in [5.41, 5.74) is 5.33. The van der Waals surface area contributed by atoms with Crippen molar-refractivity contribution in [2.45, 2.75) is 37.9 Å². The number of nitrogens with zero attached hydrogens (tertiary/aromatic N) is 1. The lowest BCUT2D eigenvalue weighted by Gasteiger charge is -2.21. The fraction of sp³-hybridized carbons (Fsp3) is 0.909. The maximum atomic E-state index is 11.9. The number of carbonyl (C=O) groups excluding carboxylic acids is 1. The van der Waals surface area contributed by atoms with Crippen LogP contribution in [0.3, 0.4) is 0 Å². The van der Waals surface area contributed by atoms with Gasteiger partial charge in [-0.25, -0.2) is 8.42 Å². The molecule has 5 nitrogen and oxygen atoms in total. The lowest BCUT2D eigenvalue weighted by molar-refractivity contribution is -0.128. The van der Waals surface area contributed by atoms with Crippen molar-refractivity contribution < 1.29 is 13.2 Å². The zero-order chi connectivity index (χ0) is 12.9. The average molecular weight is 262 g/mol. The fourth-order valence-electron chi connectivity index (χ4n) is 1.87. The molecule has 0 aromatic rings. The zero-order valence-electron chi connectivity index (χ0n) is 10.4. The van der Waals surface area contributed by atoms with Crippen LogP contribution in [0.15, 0.2) is 0 Å². The van der Waals surface area contributed by atoms with Gasteiger partial charge >= 0.3 is 0 Å². The molecule has 1 aliphatic rings. The van der Waals surface area contributed by atoms with Gasteiger partial charge in [0.2, 0.25) is 5.91 Å². The molecule has 0 saturated carbocycles. The summed E-state index contributed by atoms with van der Waals surface area (Å²) in [4.78, 5) is 13.6. The highest BCUT2D eigenvalue weighted by atomic mass is 32.2. The summed E-state index contributed by atoms with van der Waals surface area (Å²) >= 11 is 0. The molecule has 6 heteroatoms. The van der Waals surface area contributed by atoms with Crippen LogP contribution in [0.4, 0.5) is 0 Å². The molecule has 1 heterocycles.